The van der Waals surface area contributed by atoms with E-state index >= 15 is 0 Å². The van der Waals surface area contributed by atoms with Gasteiger partial charge in [-0.2, -0.15) is 4.31 Å². The summed E-state index contributed by atoms with van der Waals surface area (Å²) in [6.45, 7) is 6.91. The second-order valence-corrected chi connectivity index (χ2v) is 7.69. The number of aliphatic hydroxyl groups is 1. The predicted molar refractivity (Wildman–Crippen MR) is 79.0 cm³/mol. The summed E-state index contributed by atoms with van der Waals surface area (Å²) in [7, 11) is -3.45. The lowest BCUT2D eigenvalue weighted by Crippen LogP contribution is -2.38. The third-order valence-corrected chi connectivity index (χ3v) is 6.25. The number of hydrogen-bond donors (Lipinski definition) is 1. The maximum Gasteiger partial charge on any atom is 0.243 e. The largest absolute Gasteiger partial charge is 0.392 e. The van der Waals surface area contributed by atoms with Crippen LogP contribution in [-0.4, -0.2) is 30.9 Å². The van der Waals surface area contributed by atoms with Gasteiger partial charge in [0.05, 0.1) is 11.5 Å². The van der Waals surface area contributed by atoms with Gasteiger partial charge in [0, 0.05) is 13.1 Å². The molecular weight excluding hydrogens is 274 g/mol. The summed E-state index contributed by atoms with van der Waals surface area (Å²) in [4.78, 5) is 0.344. The second kappa shape index (κ2) is 5.84. The summed E-state index contributed by atoms with van der Waals surface area (Å²) in [5.74, 6) is 0.591. The van der Waals surface area contributed by atoms with Crippen molar-refractivity contribution in [3.8, 4) is 0 Å². The molecule has 0 spiro atoms. The van der Waals surface area contributed by atoms with Crippen LogP contribution in [0, 0.1) is 19.8 Å². The molecule has 4 nitrogen and oxygen atoms in total. The Kier molecular flexibility index (Phi) is 4.52. The zero-order chi connectivity index (χ0) is 14.9. The van der Waals surface area contributed by atoms with Crippen LogP contribution in [0.5, 0.6) is 0 Å². The van der Waals surface area contributed by atoms with Crippen molar-refractivity contribution >= 4 is 10.0 Å². The van der Waals surface area contributed by atoms with Crippen LogP contribution in [0.3, 0.4) is 0 Å². The molecular formula is C15H23NO3S. The Morgan fingerprint density at radius 1 is 1.25 bits per heavy atom. The molecule has 1 aliphatic rings. The molecule has 2 rings (SSSR count). The molecule has 1 aromatic carbocycles. The molecule has 0 bridgehead atoms. The number of nitrogens with zero attached hydrogens (tertiary/aromatic N) is 1. The van der Waals surface area contributed by atoms with Crippen LogP contribution < -0.4 is 0 Å². The first-order valence-electron chi connectivity index (χ1n) is 7.07. The van der Waals surface area contributed by atoms with Crippen molar-refractivity contribution in [3.63, 3.8) is 0 Å². The average Bonchev–Trinajstić information content (AvgIpc) is 2.42. The van der Waals surface area contributed by atoms with Crippen LogP contribution in [0.1, 0.15) is 36.5 Å². The van der Waals surface area contributed by atoms with E-state index in [0.29, 0.717) is 29.5 Å². The molecule has 1 aromatic rings. The molecule has 112 valence electrons. The van der Waals surface area contributed by atoms with Gasteiger partial charge in [0.1, 0.15) is 0 Å². The van der Waals surface area contributed by atoms with E-state index < -0.39 is 10.0 Å². The molecule has 0 radical (unpaired) electrons. The summed E-state index contributed by atoms with van der Waals surface area (Å²) < 4.78 is 27.1. The van der Waals surface area contributed by atoms with Gasteiger partial charge in [0.25, 0.3) is 0 Å². The van der Waals surface area contributed by atoms with E-state index in [2.05, 4.69) is 6.92 Å². The van der Waals surface area contributed by atoms with Gasteiger partial charge in [-0.25, -0.2) is 8.42 Å². The fourth-order valence-electron chi connectivity index (χ4n) is 2.62. The number of hydrogen-bond acceptors (Lipinski definition) is 3. The van der Waals surface area contributed by atoms with E-state index in [9.17, 15) is 13.5 Å². The molecule has 0 atom stereocenters. The van der Waals surface area contributed by atoms with Gasteiger partial charge < -0.3 is 5.11 Å². The highest BCUT2D eigenvalue weighted by molar-refractivity contribution is 7.89. The van der Waals surface area contributed by atoms with Crippen molar-refractivity contribution in [2.75, 3.05) is 13.1 Å². The lowest BCUT2D eigenvalue weighted by Gasteiger charge is -2.30. The minimum Gasteiger partial charge on any atom is -0.392 e. The molecule has 0 aliphatic carbocycles. The maximum absolute atomic E-state index is 12.8. The van der Waals surface area contributed by atoms with Gasteiger partial charge in [-0.05, 0) is 55.4 Å². The first-order valence-corrected chi connectivity index (χ1v) is 8.51. The molecule has 0 amide bonds. The Morgan fingerprint density at radius 2 is 1.85 bits per heavy atom. The Bertz CT molecular complexity index is 587. The van der Waals surface area contributed by atoms with Gasteiger partial charge in [-0.15, -0.1) is 0 Å². The van der Waals surface area contributed by atoms with Crippen molar-refractivity contribution in [1.29, 1.82) is 0 Å². The Hall–Kier alpha value is -0.910. The van der Waals surface area contributed by atoms with Gasteiger partial charge in [0.2, 0.25) is 10.0 Å². The standard InChI is InChI=1S/C15H23NO3S/c1-11-4-6-16(7-5-11)20(18,19)15-9-14(10-17)8-12(2)13(15)3/h8-9,11,17H,4-7,10H2,1-3H3. The van der Waals surface area contributed by atoms with Crippen molar-refractivity contribution in [2.24, 2.45) is 5.92 Å². The molecule has 1 N–H and O–H groups in total. The van der Waals surface area contributed by atoms with E-state index in [1.165, 1.54) is 0 Å². The number of piperidine rings is 1. The first kappa shape index (κ1) is 15.5. The highest BCUT2D eigenvalue weighted by atomic mass is 32.2. The normalized spacial score (nSPS) is 18.4. The van der Waals surface area contributed by atoms with Crippen LogP contribution in [-0.2, 0) is 16.6 Å². The van der Waals surface area contributed by atoms with E-state index in [0.717, 1.165) is 24.0 Å². The number of aryl methyl sites for hydroxylation is 1. The van der Waals surface area contributed by atoms with Gasteiger partial charge in [-0.1, -0.05) is 13.0 Å². The third-order valence-electron chi connectivity index (χ3n) is 4.22. The number of sulfonamides is 1. The zero-order valence-corrected chi connectivity index (χ0v) is 13.2. The Labute approximate surface area is 121 Å². The molecule has 0 unspecified atom stereocenters. The summed E-state index contributed by atoms with van der Waals surface area (Å²) in [6, 6.07) is 3.45. The quantitative estimate of drug-likeness (QED) is 0.930. The molecule has 1 fully saturated rings. The number of rotatable bonds is 3. The Morgan fingerprint density at radius 3 is 2.40 bits per heavy atom. The monoisotopic (exact) mass is 297 g/mol. The van der Waals surface area contributed by atoms with Crippen molar-refractivity contribution in [2.45, 2.75) is 45.1 Å². The Balaban J connectivity index is 2.41. The first-order chi connectivity index (χ1) is 9.36. The van der Waals surface area contributed by atoms with E-state index in [1.807, 2.05) is 19.9 Å². The molecule has 1 aliphatic heterocycles. The lowest BCUT2D eigenvalue weighted by atomic mass is 10.0. The zero-order valence-electron chi connectivity index (χ0n) is 12.4. The van der Waals surface area contributed by atoms with Crippen molar-refractivity contribution in [3.05, 3.63) is 28.8 Å². The van der Waals surface area contributed by atoms with Gasteiger partial charge >= 0.3 is 0 Å². The third kappa shape index (κ3) is 2.90. The van der Waals surface area contributed by atoms with Crippen LogP contribution in [0.25, 0.3) is 0 Å². The van der Waals surface area contributed by atoms with Crippen molar-refractivity contribution in [1.82, 2.24) is 4.31 Å². The highest BCUT2D eigenvalue weighted by Gasteiger charge is 2.29. The van der Waals surface area contributed by atoms with Crippen molar-refractivity contribution < 1.29 is 13.5 Å². The maximum atomic E-state index is 12.8. The fraction of sp³-hybridized carbons (Fsp3) is 0.600. The van der Waals surface area contributed by atoms with Gasteiger partial charge in [-0.3, -0.25) is 0 Å². The number of benzene rings is 1. The minimum atomic E-state index is -3.45. The summed E-state index contributed by atoms with van der Waals surface area (Å²) in [6.07, 6.45) is 1.83. The molecule has 5 heteroatoms. The topological polar surface area (TPSA) is 57.6 Å². The van der Waals surface area contributed by atoms with Crippen LogP contribution in [0.4, 0.5) is 0 Å². The van der Waals surface area contributed by atoms with Crippen LogP contribution in [0.15, 0.2) is 17.0 Å². The highest BCUT2D eigenvalue weighted by Crippen LogP contribution is 2.27. The van der Waals surface area contributed by atoms with Crippen LogP contribution in [0.2, 0.25) is 0 Å². The SMILES string of the molecule is Cc1cc(CO)cc(S(=O)(=O)N2CCC(C)CC2)c1C. The average molecular weight is 297 g/mol. The minimum absolute atomic E-state index is 0.138. The second-order valence-electron chi connectivity index (χ2n) is 5.78. The molecule has 0 aromatic heterocycles. The predicted octanol–water partition coefficient (Wildman–Crippen LogP) is 2.22. The van der Waals surface area contributed by atoms with Crippen LogP contribution >= 0.6 is 0 Å². The lowest BCUT2D eigenvalue weighted by molar-refractivity contribution is 0.281. The van der Waals surface area contributed by atoms with E-state index in [1.54, 1.807) is 10.4 Å². The smallest absolute Gasteiger partial charge is 0.243 e. The molecule has 1 heterocycles. The van der Waals surface area contributed by atoms with E-state index in [4.69, 9.17) is 0 Å². The number of aliphatic hydroxyl groups excluding tert-OH is 1. The molecule has 1 saturated heterocycles. The summed E-state index contributed by atoms with van der Waals surface area (Å²) >= 11 is 0. The molecule has 20 heavy (non-hydrogen) atoms. The van der Waals surface area contributed by atoms with E-state index in [-0.39, 0.29) is 6.61 Å². The summed E-state index contributed by atoms with van der Waals surface area (Å²) in [5.41, 5.74) is 2.33. The fourth-order valence-corrected chi connectivity index (χ4v) is 4.44. The molecule has 0 saturated carbocycles. The summed E-state index contributed by atoms with van der Waals surface area (Å²) in [5, 5.41) is 9.28. The van der Waals surface area contributed by atoms with Gasteiger partial charge in [0.15, 0.2) is 0 Å².